The number of ketones is 1. The van der Waals surface area contributed by atoms with Crippen LogP contribution in [0.2, 0.25) is 0 Å². The number of fused-ring (bicyclic) bond motifs is 1. The van der Waals surface area contributed by atoms with E-state index in [0.29, 0.717) is 11.1 Å². The number of alkyl halides is 2. The maximum absolute atomic E-state index is 12.1. The Bertz CT molecular complexity index is 536. The summed E-state index contributed by atoms with van der Waals surface area (Å²) in [5.74, 6) is -0.152. The van der Waals surface area contributed by atoms with Crippen molar-refractivity contribution in [2.75, 3.05) is 7.05 Å². The molecule has 0 aliphatic heterocycles. The molecule has 1 aromatic carbocycles. The molecule has 0 fully saturated rings. The number of nitrogens with one attached hydrogen (secondary N) is 1. The topological polar surface area (TPSA) is 42.2 Å². The SMILES string of the molecule is CNC(C(=O)c1ccc2ccoc2c1)C(Cl)Cl. The number of halogens is 2. The molecule has 2 rings (SSSR count). The molecule has 0 spiro atoms. The van der Waals surface area contributed by atoms with Gasteiger partial charge < -0.3 is 9.73 Å². The molecule has 0 amide bonds. The highest BCUT2D eigenvalue weighted by Gasteiger charge is 2.24. The monoisotopic (exact) mass is 271 g/mol. The number of hydrogen-bond donors (Lipinski definition) is 1. The van der Waals surface area contributed by atoms with Crippen molar-refractivity contribution in [2.45, 2.75) is 10.9 Å². The van der Waals surface area contributed by atoms with Crippen molar-refractivity contribution >= 4 is 40.0 Å². The summed E-state index contributed by atoms with van der Waals surface area (Å²) in [4.78, 5) is 11.3. The molecule has 5 heteroatoms. The van der Waals surface area contributed by atoms with Crippen LogP contribution in [0.4, 0.5) is 0 Å². The summed E-state index contributed by atoms with van der Waals surface area (Å²) < 4.78 is 5.24. The second kappa shape index (κ2) is 5.08. The number of likely N-dealkylation sites (N-methyl/N-ethyl adjacent to an activating group) is 1. The number of Topliss-reactive ketones (excluding diaryl/α,β-unsaturated/α-hetero) is 1. The summed E-state index contributed by atoms with van der Waals surface area (Å²) in [5.41, 5.74) is 1.20. The van der Waals surface area contributed by atoms with E-state index in [1.165, 1.54) is 0 Å². The van der Waals surface area contributed by atoms with E-state index in [0.717, 1.165) is 5.39 Å². The fourth-order valence-electron chi connectivity index (χ4n) is 1.66. The van der Waals surface area contributed by atoms with Gasteiger partial charge in [-0.3, -0.25) is 4.79 Å². The van der Waals surface area contributed by atoms with Gasteiger partial charge in [0.2, 0.25) is 0 Å². The summed E-state index contributed by atoms with van der Waals surface area (Å²) >= 11 is 11.5. The molecular weight excluding hydrogens is 261 g/mol. The van der Waals surface area contributed by atoms with Crippen molar-refractivity contribution < 1.29 is 9.21 Å². The predicted molar refractivity (Wildman–Crippen MR) is 68.9 cm³/mol. The van der Waals surface area contributed by atoms with Crippen molar-refractivity contribution in [2.24, 2.45) is 0 Å². The van der Waals surface area contributed by atoms with Gasteiger partial charge in [0, 0.05) is 10.9 Å². The summed E-state index contributed by atoms with van der Waals surface area (Å²) in [6.45, 7) is 0. The molecule has 0 saturated carbocycles. The first-order valence-electron chi connectivity index (χ1n) is 5.10. The molecule has 3 nitrogen and oxygen atoms in total. The van der Waals surface area contributed by atoms with Gasteiger partial charge in [0.15, 0.2) is 5.78 Å². The first-order valence-corrected chi connectivity index (χ1v) is 5.97. The Morgan fingerprint density at radius 3 is 2.76 bits per heavy atom. The van der Waals surface area contributed by atoms with Gasteiger partial charge in [-0.15, -0.1) is 23.2 Å². The Labute approximate surface area is 109 Å². The molecule has 1 aromatic heterocycles. The summed E-state index contributed by atoms with van der Waals surface area (Å²) in [7, 11) is 1.64. The lowest BCUT2D eigenvalue weighted by Crippen LogP contribution is -2.39. The van der Waals surface area contributed by atoms with Gasteiger partial charge in [-0.2, -0.15) is 0 Å². The molecule has 0 bridgehead atoms. The van der Waals surface area contributed by atoms with Crippen LogP contribution in [-0.2, 0) is 0 Å². The number of benzene rings is 1. The van der Waals surface area contributed by atoms with Gasteiger partial charge in [-0.1, -0.05) is 12.1 Å². The van der Waals surface area contributed by atoms with Crippen LogP contribution in [-0.4, -0.2) is 23.7 Å². The molecule has 1 heterocycles. The minimum absolute atomic E-state index is 0.152. The Morgan fingerprint density at radius 2 is 2.12 bits per heavy atom. The standard InChI is InChI=1S/C12H11Cl2NO2/c1-15-10(12(13)14)11(16)8-3-2-7-4-5-17-9(7)6-8/h2-6,10,12,15H,1H3. The Morgan fingerprint density at radius 1 is 1.35 bits per heavy atom. The second-order valence-electron chi connectivity index (χ2n) is 3.64. The molecule has 1 atom stereocenters. The van der Waals surface area contributed by atoms with E-state index in [2.05, 4.69) is 5.32 Å². The van der Waals surface area contributed by atoms with Crippen molar-refractivity contribution in [1.82, 2.24) is 5.32 Å². The molecule has 1 N–H and O–H groups in total. The van der Waals surface area contributed by atoms with Crippen molar-refractivity contribution in [3.8, 4) is 0 Å². The lowest BCUT2D eigenvalue weighted by molar-refractivity contribution is 0.0953. The summed E-state index contributed by atoms with van der Waals surface area (Å²) in [5, 5.41) is 3.75. The Balaban J connectivity index is 2.35. The van der Waals surface area contributed by atoms with Crippen LogP contribution in [0.5, 0.6) is 0 Å². The second-order valence-corrected chi connectivity index (χ2v) is 4.80. The number of carbonyl (C=O) groups is 1. The molecule has 2 aromatic rings. The van der Waals surface area contributed by atoms with Crippen molar-refractivity contribution in [3.63, 3.8) is 0 Å². The average Bonchev–Trinajstić information content (AvgIpc) is 2.75. The van der Waals surface area contributed by atoms with Crippen LogP contribution in [0.15, 0.2) is 34.9 Å². The molecule has 0 aliphatic carbocycles. The van der Waals surface area contributed by atoms with E-state index in [4.69, 9.17) is 27.6 Å². The fraction of sp³-hybridized carbons (Fsp3) is 0.250. The molecule has 90 valence electrons. The zero-order valence-corrected chi connectivity index (χ0v) is 10.6. The van der Waals surface area contributed by atoms with Gasteiger partial charge in [0.05, 0.1) is 6.26 Å². The smallest absolute Gasteiger partial charge is 0.182 e. The average molecular weight is 272 g/mol. The van der Waals surface area contributed by atoms with Crippen molar-refractivity contribution in [3.05, 3.63) is 36.1 Å². The van der Waals surface area contributed by atoms with Crippen LogP contribution in [0.1, 0.15) is 10.4 Å². The maximum Gasteiger partial charge on any atom is 0.182 e. The fourth-order valence-corrected chi connectivity index (χ4v) is 2.14. The van der Waals surface area contributed by atoms with Crippen LogP contribution < -0.4 is 5.32 Å². The molecule has 1 unspecified atom stereocenters. The zero-order chi connectivity index (χ0) is 12.4. The van der Waals surface area contributed by atoms with Crippen LogP contribution in [0.25, 0.3) is 11.0 Å². The number of furan rings is 1. The molecule has 17 heavy (non-hydrogen) atoms. The quantitative estimate of drug-likeness (QED) is 0.687. The van der Waals surface area contributed by atoms with E-state index < -0.39 is 10.9 Å². The van der Waals surface area contributed by atoms with Crippen molar-refractivity contribution in [1.29, 1.82) is 0 Å². The molecule has 0 saturated heterocycles. The third-order valence-corrected chi connectivity index (χ3v) is 3.09. The summed E-state index contributed by atoms with van der Waals surface area (Å²) in [6.07, 6.45) is 1.58. The van der Waals surface area contributed by atoms with E-state index in [1.807, 2.05) is 12.1 Å². The van der Waals surface area contributed by atoms with Crippen LogP contribution >= 0.6 is 23.2 Å². The summed E-state index contributed by atoms with van der Waals surface area (Å²) in [6, 6.07) is 6.48. The third kappa shape index (κ3) is 2.46. The highest BCUT2D eigenvalue weighted by atomic mass is 35.5. The minimum Gasteiger partial charge on any atom is -0.464 e. The Hall–Kier alpha value is -1.03. The first-order chi connectivity index (χ1) is 8.13. The van der Waals surface area contributed by atoms with Gasteiger partial charge in [-0.25, -0.2) is 0 Å². The predicted octanol–water partition coefficient (Wildman–Crippen LogP) is 3.01. The molecule has 0 aliphatic rings. The highest BCUT2D eigenvalue weighted by Crippen LogP contribution is 2.20. The lowest BCUT2D eigenvalue weighted by atomic mass is 10.0. The van der Waals surface area contributed by atoms with Crippen LogP contribution in [0, 0.1) is 0 Å². The zero-order valence-electron chi connectivity index (χ0n) is 9.11. The number of hydrogen-bond acceptors (Lipinski definition) is 3. The van der Waals surface area contributed by atoms with E-state index in [-0.39, 0.29) is 5.78 Å². The van der Waals surface area contributed by atoms with Gasteiger partial charge in [0.1, 0.15) is 16.5 Å². The van der Waals surface area contributed by atoms with E-state index in [1.54, 1.807) is 25.4 Å². The largest absolute Gasteiger partial charge is 0.464 e. The number of rotatable bonds is 4. The minimum atomic E-state index is -0.792. The number of carbonyl (C=O) groups excluding carboxylic acids is 1. The highest BCUT2D eigenvalue weighted by molar-refractivity contribution is 6.46. The molecular formula is C12H11Cl2NO2. The van der Waals surface area contributed by atoms with Crippen LogP contribution in [0.3, 0.4) is 0 Å². The van der Waals surface area contributed by atoms with Gasteiger partial charge >= 0.3 is 0 Å². The van der Waals surface area contributed by atoms with Gasteiger partial charge in [0.25, 0.3) is 0 Å². The first kappa shape index (κ1) is 12.4. The van der Waals surface area contributed by atoms with E-state index >= 15 is 0 Å². The molecule has 0 radical (unpaired) electrons. The Kier molecular flexibility index (Phi) is 3.72. The third-order valence-electron chi connectivity index (χ3n) is 2.59. The van der Waals surface area contributed by atoms with E-state index in [9.17, 15) is 4.79 Å². The van der Waals surface area contributed by atoms with Gasteiger partial charge in [-0.05, 0) is 19.2 Å². The lowest BCUT2D eigenvalue weighted by Gasteiger charge is -2.15. The normalized spacial score (nSPS) is 13.2. The maximum atomic E-state index is 12.1.